The molecule has 6 nitrogen and oxygen atoms in total. The molecule has 1 heterocycles. The van der Waals surface area contributed by atoms with Crippen LogP contribution in [0.3, 0.4) is 0 Å². The van der Waals surface area contributed by atoms with Crippen molar-refractivity contribution in [2.75, 3.05) is 6.61 Å². The SMILES string of the molecule is CC(NC(=O)c1cncc(C#CCO)c1)C(N)=O. The second-order valence-electron chi connectivity index (χ2n) is 3.52. The van der Waals surface area contributed by atoms with Gasteiger partial charge in [0, 0.05) is 18.0 Å². The molecule has 0 bridgehead atoms. The van der Waals surface area contributed by atoms with Gasteiger partial charge in [-0.1, -0.05) is 11.8 Å². The first kappa shape index (κ1) is 13.7. The average molecular weight is 247 g/mol. The third kappa shape index (κ3) is 3.88. The zero-order valence-electron chi connectivity index (χ0n) is 9.80. The molecule has 94 valence electrons. The molecule has 0 saturated heterocycles. The Morgan fingerprint density at radius 2 is 2.28 bits per heavy atom. The molecule has 2 amide bonds. The summed E-state index contributed by atoms with van der Waals surface area (Å²) in [4.78, 5) is 26.4. The van der Waals surface area contributed by atoms with Crippen molar-refractivity contribution in [1.82, 2.24) is 10.3 Å². The maximum absolute atomic E-state index is 11.7. The van der Waals surface area contributed by atoms with Gasteiger partial charge in [0.25, 0.3) is 5.91 Å². The zero-order valence-corrected chi connectivity index (χ0v) is 9.80. The Bertz CT molecular complexity index is 517. The number of pyridine rings is 1. The van der Waals surface area contributed by atoms with Gasteiger partial charge >= 0.3 is 0 Å². The third-order valence-corrected chi connectivity index (χ3v) is 2.09. The summed E-state index contributed by atoms with van der Waals surface area (Å²) in [5.41, 5.74) is 5.81. The fourth-order valence-corrected chi connectivity index (χ4v) is 1.13. The highest BCUT2D eigenvalue weighted by atomic mass is 16.2. The van der Waals surface area contributed by atoms with E-state index in [1.165, 1.54) is 25.4 Å². The highest BCUT2D eigenvalue weighted by Gasteiger charge is 2.13. The van der Waals surface area contributed by atoms with Crippen LogP contribution in [0.15, 0.2) is 18.5 Å². The van der Waals surface area contributed by atoms with Crippen molar-refractivity contribution in [3.05, 3.63) is 29.6 Å². The highest BCUT2D eigenvalue weighted by Crippen LogP contribution is 2.02. The maximum atomic E-state index is 11.7. The van der Waals surface area contributed by atoms with E-state index in [0.717, 1.165) is 0 Å². The Hall–Kier alpha value is -2.39. The third-order valence-electron chi connectivity index (χ3n) is 2.09. The van der Waals surface area contributed by atoms with Gasteiger partial charge in [-0.2, -0.15) is 0 Å². The number of nitrogens with two attached hydrogens (primary N) is 1. The van der Waals surface area contributed by atoms with Crippen molar-refractivity contribution in [3.8, 4) is 11.8 Å². The Labute approximate surface area is 104 Å². The molecule has 1 aromatic heterocycles. The van der Waals surface area contributed by atoms with Gasteiger partial charge in [0.05, 0.1) is 5.56 Å². The number of nitrogens with one attached hydrogen (secondary N) is 1. The Balaban J connectivity index is 2.83. The van der Waals surface area contributed by atoms with E-state index in [4.69, 9.17) is 10.8 Å². The molecule has 1 rings (SSSR count). The molecule has 6 heteroatoms. The number of hydrogen-bond donors (Lipinski definition) is 3. The lowest BCUT2D eigenvalue weighted by Crippen LogP contribution is -2.42. The number of rotatable bonds is 3. The second kappa shape index (κ2) is 6.37. The molecule has 0 aliphatic heterocycles. The molecule has 0 aliphatic rings. The van der Waals surface area contributed by atoms with Gasteiger partial charge in [0.15, 0.2) is 0 Å². The molecule has 4 N–H and O–H groups in total. The number of carbonyl (C=O) groups excluding carboxylic acids is 2. The highest BCUT2D eigenvalue weighted by molar-refractivity contribution is 5.97. The first-order valence-corrected chi connectivity index (χ1v) is 5.19. The molecule has 0 spiro atoms. The van der Waals surface area contributed by atoms with Crippen LogP contribution in [-0.2, 0) is 4.79 Å². The van der Waals surface area contributed by atoms with Gasteiger partial charge in [-0.25, -0.2) is 0 Å². The van der Waals surface area contributed by atoms with Crippen LogP contribution in [0, 0.1) is 11.8 Å². The van der Waals surface area contributed by atoms with E-state index in [2.05, 4.69) is 22.1 Å². The molecule has 1 aromatic rings. The van der Waals surface area contributed by atoms with Crippen LogP contribution < -0.4 is 11.1 Å². The standard InChI is InChI=1S/C12H13N3O3/c1-8(11(13)17)15-12(18)10-5-9(3-2-4-16)6-14-7-10/h5-8,16H,4H2,1H3,(H2,13,17)(H,15,18). The van der Waals surface area contributed by atoms with Crippen LogP contribution in [0.2, 0.25) is 0 Å². The van der Waals surface area contributed by atoms with E-state index >= 15 is 0 Å². The molecule has 0 aromatic carbocycles. The smallest absolute Gasteiger partial charge is 0.253 e. The summed E-state index contributed by atoms with van der Waals surface area (Å²) in [5, 5.41) is 11.0. The minimum Gasteiger partial charge on any atom is -0.384 e. The first-order valence-electron chi connectivity index (χ1n) is 5.19. The van der Waals surface area contributed by atoms with E-state index in [1.807, 2.05) is 0 Å². The fraction of sp³-hybridized carbons (Fsp3) is 0.250. The summed E-state index contributed by atoms with van der Waals surface area (Å²) >= 11 is 0. The molecule has 1 atom stereocenters. The predicted molar refractivity (Wildman–Crippen MR) is 64.3 cm³/mol. The van der Waals surface area contributed by atoms with E-state index in [9.17, 15) is 9.59 Å². The minimum absolute atomic E-state index is 0.269. The van der Waals surface area contributed by atoms with Gasteiger partial charge in [0.2, 0.25) is 5.91 Å². The van der Waals surface area contributed by atoms with Crippen molar-refractivity contribution in [3.63, 3.8) is 0 Å². The van der Waals surface area contributed by atoms with Crippen LogP contribution in [0.4, 0.5) is 0 Å². The molecular formula is C12H13N3O3. The molecule has 0 saturated carbocycles. The Morgan fingerprint density at radius 1 is 1.56 bits per heavy atom. The van der Waals surface area contributed by atoms with Crippen molar-refractivity contribution >= 4 is 11.8 Å². The monoisotopic (exact) mass is 247 g/mol. The number of amides is 2. The van der Waals surface area contributed by atoms with Crippen LogP contribution in [0.5, 0.6) is 0 Å². The predicted octanol–water partition coefficient (Wildman–Crippen LogP) is -0.971. The fourth-order valence-electron chi connectivity index (χ4n) is 1.13. The first-order chi connectivity index (χ1) is 8.54. The summed E-state index contributed by atoms with van der Waals surface area (Å²) in [6.07, 6.45) is 2.82. The lowest BCUT2D eigenvalue weighted by atomic mass is 10.2. The van der Waals surface area contributed by atoms with Gasteiger partial charge in [-0.3, -0.25) is 14.6 Å². The summed E-state index contributed by atoms with van der Waals surface area (Å²) < 4.78 is 0. The maximum Gasteiger partial charge on any atom is 0.253 e. The molecule has 0 aliphatic carbocycles. The lowest BCUT2D eigenvalue weighted by molar-refractivity contribution is -0.119. The number of aliphatic hydroxyl groups excluding tert-OH is 1. The van der Waals surface area contributed by atoms with Gasteiger partial charge in [-0.15, -0.1) is 0 Å². The molecule has 0 fully saturated rings. The van der Waals surface area contributed by atoms with Crippen molar-refractivity contribution < 1.29 is 14.7 Å². The quantitative estimate of drug-likeness (QED) is 0.597. The van der Waals surface area contributed by atoms with Gasteiger partial charge < -0.3 is 16.2 Å². The van der Waals surface area contributed by atoms with E-state index < -0.39 is 17.9 Å². The van der Waals surface area contributed by atoms with Crippen molar-refractivity contribution in [1.29, 1.82) is 0 Å². The van der Waals surface area contributed by atoms with Crippen LogP contribution in [-0.4, -0.2) is 34.6 Å². The van der Waals surface area contributed by atoms with Gasteiger partial charge in [0.1, 0.15) is 12.6 Å². The summed E-state index contributed by atoms with van der Waals surface area (Å²) in [6, 6.07) is 0.753. The van der Waals surface area contributed by atoms with Gasteiger partial charge in [-0.05, 0) is 13.0 Å². The van der Waals surface area contributed by atoms with E-state index in [0.29, 0.717) is 5.56 Å². The number of nitrogens with zero attached hydrogens (tertiary/aromatic N) is 1. The van der Waals surface area contributed by atoms with E-state index in [-0.39, 0.29) is 12.2 Å². The lowest BCUT2D eigenvalue weighted by Gasteiger charge is -2.09. The topological polar surface area (TPSA) is 105 Å². The van der Waals surface area contributed by atoms with Crippen molar-refractivity contribution in [2.45, 2.75) is 13.0 Å². The van der Waals surface area contributed by atoms with Crippen LogP contribution >= 0.6 is 0 Å². The summed E-state index contributed by atoms with van der Waals surface area (Å²) in [5.74, 6) is 4.01. The summed E-state index contributed by atoms with van der Waals surface area (Å²) in [6.45, 7) is 1.22. The minimum atomic E-state index is -0.760. The molecule has 0 radical (unpaired) electrons. The van der Waals surface area contributed by atoms with Crippen molar-refractivity contribution in [2.24, 2.45) is 5.73 Å². The number of aromatic nitrogens is 1. The zero-order chi connectivity index (χ0) is 13.5. The Kier molecular flexibility index (Phi) is 4.84. The molecular weight excluding hydrogens is 234 g/mol. The normalized spacial score (nSPS) is 11.0. The number of carbonyl (C=O) groups is 2. The number of hydrogen-bond acceptors (Lipinski definition) is 4. The second-order valence-corrected chi connectivity index (χ2v) is 3.52. The molecule has 18 heavy (non-hydrogen) atoms. The Morgan fingerprint density at radius 3 is 2.89 bits per heavy atom. The number of primary amides is 1. The van der Waals surface area contributed by atoms with Crippen LogP contribution in [0.1, 0.15) is 22.8 Å². The molecule has 1 unspecified atom stereocenters. The summed E-state index contributed by atoms with van der Waals surface area (Å²) in [7, 11) is 0. The average Bonchev–Trinajstić information content (AvgIpc) is 2.36. The largest absolute Gasteiger partial charge is 0.384 e. The number of aliphatic hydroxyl groups is 1. The van der Waals surface area contributed by atoms with E-state index in [1.54, 1.807) is 0 Å². The van der Waals surface area contributed by atoms with Crippen LogP contribution in [0.25, 0.3) is 0 Å².